The van der Waals surface area contributed by atoms with Gasteiger partial charge < -0.3 is 9.64 Å². The minimum absolute atomic E-state index is 0.332. The number of rotatable bonds is 5. The van der Waals surface area contributed by atoms with Gasteiger partial charge in [-0.15, -0.1) is 0 Å². The fourth-order valence-electron chi connectivity index (χ4n) is 3.45. The molecule has 0 amide bonds. The monoisotopic (exact) mass is 374 g/mol. The van der Waals surface area contributed by atoms with Crippen LogP contribution >= 0.6 is 0 Å². The molecule has 0 aromatic heterocycles. The molecule has 6 heteroatoms. The van der Waals surface area contributed by atoms with Gasteiger partial charge in [-0.05, 0) is 48.7 Å². The minimum atomic E-state index is -3.48. The van der Waals surface area contributed by atoms with E-state index in [1.54, 1.807) is 29.6 Å². The van der Waals surface area contributed by atoms with Crippen LogP contribution in [0.1, 0.15) is 18.1 Å². The van der Waals surface area contributed by atoms with Crippen molar-refractivity contribution in [3.8, 4) is 5.75 Å². The van der Waals surface area contributed by atoms with Crippen LogP contribution in [0.15, 0.2) is 47.4 Å². The Hall–Kier alpha value is -2.05. The number of sulfonamides is 1. The van der Waals surface area contributed by atoms with Crippen LogP contribution in [0.25, 0.3) is 0 Å². The molecule has 5 nitrogen and oxygen atoms in total. The second kappa shape index (κ2) is 7.68. The first-order valence-corrected chi connectivity index (χ1v) is 10.4. The van der Waals surface area contributed by atoms with Crippen molar-refractivity contribution in [1.82, 2.24) is 4.31 Å². The average Bonchev–Trinajstić information content (AvgIpc) is 2.68. The van der Waals surface area contributed by atoms with Crippen LogP contribution in [0.2, 0.25) is 0 Å². The minimum Gasteiger partial charge on any atom is -0.496 e. The number of hydrogen-bond acceptors (Lipinski definition) is 4. The lowest BCUT2D eigenvalue weighted by atomic mass is 10.1. The van der Waals surface area contributed by atoms with E-state index in [2.05, 4.69) is 30.0 Å². The normalized spacial score (nSPS) is 15.9. The first kappa shape index (κ1) is 18.7. The van der Waals surface area contributed by atoms with Crippen LogP contribution in [0.5, 0.6) is 5.75 Å². The van der Waals surface area contributed by atoms with Gasteiger partial charge in [-0.25, -0.2) is 8.42 Å². The molecule has 0 saturated carbocycles. The van der Waals surface area contributed by atoms with Crippen LogP contribution in [0.3, 0.4) is 0 Å². The molecule has 140 valence electrons. The molecule has 3 rings (SSSR count). The van der Waals surface area contributed by atoms with Gasteiger partial charge in [-0.2, -0.15) is 4.31 Å². The SMILES string of the molecule is CCc1ccccc1N1CCN(S(=O)(=O)c2ccc(OC)c(C)c2)CC1. The third-order valence-corrected chi connectivity index (χ3v) is 6.85. The van der Waals surface area contributed by atoms with Gasteiger partial charge in [-0.1, -0.05) is 25.1 Å². The molecular weight excluding hydrogens is 348 g/mol. The van der Waals surface area contributed by atoms with Crippen molar-refractivity contribution in [2.24, 2.45) is 0 Å². The molecule has 1 aliphatic rings. The summed E-state index contributed by atoms with van der Waals surface area (Å²) in [6.45, 7) is 6.39. The van der Waals surface area contributed by atoms with E-state index in [4.69, 9.17) is 4.74 Å². The summed E-state index contributed by atoms with van der Waals surface area (Å²) in [6, 6.07) is 13.4. The van der Waals surface area contributed by atoms with Gasteiger partial charge in [0.05, 0.1) is 12.0 Å². The average molecular weight is 375 g/mol. The Morgan fingerprint density at radius 3 is 2.35 bits per heavy atom. The number of nitrogens with zero attached hydrogens (tertiary/aromatic N) is 2. The molecule has 1 fully saturated rings. The zero-order valence-electron chi connectivity index (χ0n) is 15.6. The number of benzene rings is 2. The number of para-hydroxylation sites is 1. The molecule has 0 aliphatic carbocycles. The van der Waals surface area contributed by atoms with E-state index in [-0.39, 0.29) is 0 Å². The first-order chi connectivity index (χ1) is 12.5. The third kappa shape index (κ3) is 3.57. The van der Waals surface area contributed by atoms with Crippen molar-refractivity contribution in [3.05, 3.63) is 53.6 Å². The summed E-state index contributed by atoms with van der Waals surface area (Å²) >= 11 is 0. The van der Waals surface area contributed by atoms with Gasteiger partial charge in [0.1, 0.15) is 5.75 Å². The zero-order valence-corrected chi connectivity index (χ0v) is 16.4. The van der Waals surface area contributed by atoms with Gasteiger partial charge in [0.15, 0.2) is 0 Å². The molecule has 1 aliphatic heterocycles. The lowest BCUT2D eigenvalue weighted by Gasteiger charge is -2.36. The topological polar surface area (TPSA) is 49.9 Å². The van der Waals surface area contributed by atoms with E-state index >= 15 is 0 Å². The molecule has 1 saturated heterocycles. The predicted molar refractivity (Wildman–Crippen MR) is 105 cm³/mol. The Kier molecular flexibility index (Phi) is 5.53. The van der Waals surface area contributed by atoms with E-state index in [9.17, 15) is 8.42 Å². The van der Waals surface area contributed by atoms with Gasteiger partial charge in [0.25, 0.3) is 0 Å². The van der Waals surface area contributed by atoms with Crippen molar-refractivity contribution in [2.45, 2.75) is 25.2 Å². The van der Waals surface area contributed by atoms with Crippen molar-refractivity contribution in [1.29, 1.82) is 0 Å². The number of methoxy groups -OCH3 is 1. The predicted octanol–water partition coefficient (Wildman–Crippen LogP) is 3.08. The van der Waals surface area contributed by atoms with Crippen molar-refractivity contribution in [2.75, 3.05) is 38.2 Å². The highest BCUT2D eigenvalue weighted by molar-refractivity contribution is 7.89. The Labute approximate surface area is 156 Å². The van der Waals surface area contributed by atoms with Crippen LogP contribution < -0.4 is 9.64 Å². The standard InChI is InChI=1S/C20H26N2O3S/c1-4-17-7-5-6-8-19(17)21-11-13-22(14-12-21)26(23,24)18-9-10-20(25-3)16(2)15-18/h5-10,15H,4,11-14H2,1-3H3. The van der Waals surface area contributed by atoms with E-state index in [0.29, 0.717) is 36.8 Å². The Balaban J connectivity index is 1.75. The Bertz CT molecular complexity index is 872. The van der Waals surface area contributed by atoms with Gasteiger partial charge >= 0.3 is 0 Å². The van der Waals surface area contributed by atoms with Crippen LogP contribution in [0, 0.1) is 6.92 Å². The third-order valence-electron chi connectivity index (χ3n) is 4.96. The summed E-state index contributed by atoms with van der Waals surface area (Å²) < 4.78 is 32.8. The highest BCUT2D eigenvalue weighted by Crippen LogP contribution is 2.26. The summed E-state index contributed by atoms with van der Waals surface area (Å²) in [7, 11) is -1.89. The second-order valence-electron chi connectivity index (χ2n) is 6.50. The maximum atomic E-state index is 13.0. The maximum Gasteiger partial charge on any atom is 0.243 e. The maximum absolute atomic E-state index is 13.0. The molecule has 0 N–H and O–H groups in total. The van der Waals surface area contributed by atoms with E-state index < -0.39 is 10.0 Å². The van der Waals surface area contributed by atoms with Gasteiger partial charge in [0.2, 0.25) is 10.0 Å². The fourth-order valence-corrected chi connectivity index (χ4v) is 4.96. The molecule has 0 atom stereocenters. The lowest BCUT2D eigenvalue weighted by molar-refractivity contribution is 0.384. The van der Waals surface area contributed by atoms with Crippen molar-refractivity contribution < 1.29 is 13.2 Å². The summed E-state index contributed by atoms with van der Waals surface area (Å²) in [6.07, 6.45) is 0.972. The summed E-state index contributed by atoms with van der Waals surface area (Å²) in [5, 5.41) is 0. The molecule has 0 spiro atoms. The van der Waals surface area contributed by atoms with Crippen LogP contribution in [-0.4, -0.2) is 46.0 Å². The fraction of sp³-hybridized carbons (Fsp3) is 0.400. The Morgan fingerprint density at radius 1 is 1.04 bits per heavy atom. The van der Waals surface area contributed by atoms with Crippen molar-refractivity contribution >= 4 is 15.7 Å². The number of anilines is 1. The van der Waals surface area contributed by atoms with Crippen LogP contribution in [0.4, 0.5) is 5.69 Å². The summed E-state index contributed by atoms with van der Waals surface area (Å²) in [4.78, 5) is 2.61. The molecule has 2 aromatic rings. The molecule has 0 bridgehead atoms. The van der Waals surface area contributed by atoms with Crippen LogP contribution in [-0.2, 0) is 16.4 Å². The number of ether oxygens (including phenoxy) is 1. The van der Waals surface area contributed by atoms with E-state index in [1.165, 1.54) is 11.3 Å². The van der Waals surface area contributed by atoms with E-state index in [1.807, 2.05) is 13.0 Å². The summed E-state index contributed by atoms with van der Waals surface area (Å²) in [5.41, 5.74) is 3.34. The second-order valence-corrected chi connectivity index (χ2v) is 8.44. The molecule has 2 aromatic carbocycles. The highest BCUT2D eigenvalue weighted by atomic mass is 32.2. The van der Waals surface area contributed by atoms with Gasteiger partial charge in [-0.3, -0.25) is 0 Å². The highest BCUT2D eigenvalue weighted by Gasteiger charge is 2.29. The summed E-state index contributed by atoms with van der Waals surface area (Å²) in [5.74, 6) is 0.699. The Morgan fingerprint density at radius 2 is 1.73 bits per heavy atom. The van der Waals surface area contributed by atoms with E-state index in [0.717, 1.165) is 12.0 Å². The largest absolute Gasteiger partial charge is 0.496 e. The molecular formula is C20H26N2O3S. The van der Waals surface area contributed by atoms with Crippen molar-refractivity contribution in [3.63, 3.8) is 0 Å². The molecule has 1 heterocycles. The lowest BCUT2D eigenvalue weighted by Crippen LogP contribution is -2.48. The number of hydrogen-bond donors (Lipinski definition) is 0. The first-order valence-electron chi connectivity index (χ1n) is 8.95. The smallest absolute Gasteiger partial charge is 0.243 e. The number of piperazine rings is 1. The molecule has 26 heavy (non-hydrogen) atoms. The number of aryl methyl sites for hydroxylation is 2. The molecule has 0 unspecified atom stereocenters. The van der Waals surface area contributed by atoms with Gasteiger partial charge in [0, 0.05) is 31.9 Å². The zero-order chi connectivity index (χ0) is 18.7. The molecule has 0 radical (unpaired) electrons. The quantitative estimate of drug-likeness (QED) is 0.807.